The number of nitrogens with zero attached hydrogens (tertiary/aromatic N) is 2. The van der Waals surface area contributed by atoms with Gasteiger partial charge in [0.1, 0.15) is 5.75 Å². The molecule has 1 atom stereocenters. The van der Waals surface area contributed by atoms with E-state index in [4.69, 9.17) is 14.7 Å². The molecule has 0 N–H and O–H groups in total. The standard InChI is InChI=1S/C14H16N2O3/c1-11-9-16(6-7-18-11)14(17)10-19-13-4-2-12(8-15)3-5-13/h2-5,11H,6-7,9-10H2,1H3/t11-/m0/s1. The monoisotopic (exact) mass is 260 g/mol. The van der Waals surface area contributed by atoms with Crippen molar-refractivity contribution in [2.75, 3.05) is 26.3 Å². The molecule has 0 radical (unpaired) electrons. The van der Waals surface area contributed by atoms with Gasteiger partial charge in [0.25, 0.3) is 5.91 Å². The van der Waals surface area contributed by atoms with E-state index in [-0.39, 0.29) is 18.6 Å². The molecule has 2 rings (SSSR count). The van der Waals surface area contributed by atoms with E-state index >= 15 is 0 Å². The van der Waals surface area contributed by atoms with Crippen LogP contribution in [0.2, 0.25) is 0 Å². The maximum absolute atomic E-state index is 11.9. The van der Waals surface area contributed by atoms with Crippen molar-refractivity contribution < 1.29 is 14.3 Å². The molecule has 1 aromatic carbocycles. The Bertz CT molecular complexity index is 478. The molecule has 100 valence electrons. The summed E-state index contributed by atoms with van der Waals surface area (Å²) >= 11 is 0. The predicted octanol–water partition coefficient (Wildman–Crippen LogP) is 1.18. The maximum atomic E-state index is 11.9. The Hall–Kier alpha value is -2.06. The first kappa shape index (κ1) is 13.4. The van der Waals surface area contributed by atoms with E-state index < -0.39 is 0 Å². The van der Waals surface area contributed by atoms with Crippen LogP contribution in [-0.4, -0.2) is 43.2 Å². The van der Waals surface area contributed by atoms with Gasteiger partial charge in [0.2, 0.25) is 0 Å². The first-order valence-corrected chi connectivity index (χ1v) is 6.21. The van der Waals surface area contributed by atoms with Crippen LogP contribution in [0.3, 0.4) is 0 Å². The number of amides is 1. The number of ether oxygens (including phenoxy) is 2. The summed E-state index contributed by atoms with van der Waals surface area (Å²) < 4.78 is 10.8. The summed E-state index contributed by atoms with van der Waals surface area (Å²) in [4.78, 5) is 13.7. The molecule has 0 aliphatic carbocycles. The van der Waals surface area contributed by atoms with Gasteiger partial charge in [-0.3, -0.25) is 4.79 Å². The number of rotatable bonds is 3. The van der Waals surface area contributed by atoms with Gasteiger partial charge in [0.05, 0.1) is 24.3 Å². The van der Waals surface area contributed by atoms with Gasteiger partial charge in [-0.25, -0.2) is 0 Å². The molecule has 5 heteroatoms. The number of nitriles is 1. The molecule has 0 unspecified atom stereocenters. The van der Waals surface area contributed by atoms with Crippen molar-refractivity contribution in [3.63, 3.8) is 0 Å². The molecule has 1 aliphatic heterocycles. The van der Waals surface area contributed by atoms with Gasteiger partial charge in [-0.1, -0.05) is 0 Å². The minimum Gasteiger partial charge on any atom is -0.484 e. The first-order chi connectivity index (χ1) is 9.19. The lowest BCUT2D eigenvalue weighted by Crippen LogP contribution is -2.46. The predicted molar refractivity (Wildman–Crippen MR) is 68.6 cm³/mol. The highest BCUT2D eigenvalue weighted by Gasteiger charge is 2.21. The molecule has 0 aromatic heterocycles. The molecular formula is C14H16N2O3. The molecule has 1 aliphatic rings. The van der Waals surface area contributed by atoms with Crippen molar-refractivity contribution in [2.24, 2.45) is 0 Å². The van der Waals surface area contributed by atoms with E-state index in [0.29, 0.717) is 31.0 Å². The Balaban J connectivity index is 1.84. The summed E-state index contributed by atoms with van der Waals surface area (Å²) in [6.45, 7) is 3.75. The topological polar surface area (TPSA) is 62.6 Å². The van der Waals surface area contributed by atoms with Crippen LogP contribution in [0.25, 0.3) is 0 Å². The lowest BCUT2D eigenvalue weighted by atomic mass is 10.2. The van der Waals surface area contributed by atoms with Crippen LogP contribution in [0.4, 0.5) is 0 Å². The SMILES string of the molecule is C[C@H]1CN(C(=O)COc2ccc(C#N)cc2)CCO1. The van der Waals surface area contributed by atoms with Crippen LogP contribution in [0.5, 0.6) is 5.75 Å². The highest BCUT2D eigenvalue weighted by molar-refractivity contribution is 5.77. The second kappa shape index (κ2) is 6.21. The third kappa shape index (κ3) is 3.70. The lowest BCUT2D eigenvalue weighted by Gasteiger charge is -2.31. The van der Waals surface area contributed by atoms with Crippen LogP contribution in [0, 0.1) is 11.3 Å². The summed E-state index contributed by atoms with van der Waals surface area (Å²) in [7, 11) is 0. The quantitative estimate of drug-likeness (QED) is 0.818. The van der Waals surface area contributed by atoms with Crippen molar-refractivity contribution in [1.29, 1.82) is 5.26 Å². The number of hydrogen-bond donors (Lipinski definition) is 0. The Morgan fingerprint density at radius 1 is 1.53 bits per heavy atom. The van der Waals surface area contributed by atoms with E-state index in [1.54, 1.807) is 29.2 Å². The van der Waals surface area contributed by atoms with Crippen LogP contribution in [0.1, 0.15) is 12.5 Å². The highest BCUT2D eigenvalue weighted by atomic mass is 16.5. The molecule has 5 nitrogen and oxygen atoms in total. The van der Waals surface area contributed by atoms with Gasteiger partial charge in [0.15, 0.2) is 6.61 Å². The van der Waals surface area contributed by atoms with E-state index in [1.165, 1.54) is 0 Å². The fraction of sp³-hybridized carbons (Fsp3) is 0.429. The average Bonchev–Trinajstić information content (AvgIpc) is 2.45. The third-order valence-corrected chi connectivity index (χ3v) is 2.94. The van der Waals surface area contributed by atoms with Crippen molar-refractivity contribution in [3.05, 3.63) is 29.8 Å². The second-order valence-electron chi connectivity index (χ2n) is 4.45. The molecule has 1 fully saturated rings. The largest absolute Gasteiger partial charge is 0.484 e. The molecule has 1 heterocycles. The van der Waals surface area contributed by atoms with Crippen LogP contribution >= 0.6 is 0 Å². The summed E-state index contributed by atoms with van der Waals surface area (Å²) in [6.07, 6.45) is 0.0765. The molecule has 0 saturated carbocycles. The second-order valence-corrected chi connectivity index (χ2v) is 4.45. The van der Waals surface area contributed by atoms with Crippen molar-refractivity contribution in [3.8, 4) is 11.8 Å². The van der Waals surface area contributed by atoms with E-state index in [1.807, 2.05) is 13.0 Å². The zero-order valence-electron chi connectivity index (χ0n) is 10.8. The summed E-state index contributed by atoms with van der Waals surface area (Å²) in [6, 6.07) is 8.73. The van der Waals surface area contributed by atoms with Crippen LogP contribution in [0.15, 0.2) is 24.3 Å². The minimum absolute atomic E-state index is 0.0125. The van der Waals surface area contributed by atoms with Gasteiger partial charge in [-0.2, -0.15) is 5.26 Å². The number of hydrogen-bond acceptors (Lipinski definition) is 4. The van der Waals surface area contributed by atoms with Gasteiger partial charge in [-0.15, -0.1) is 0 Å². The van der Waals surface area contributed by atoms with Crippen molar-refractivity contribution in [1.82, 2.24) is 4.90 Å². The molecule has 1 amide bonds. The molecule has 0 spiro atoms. The third-order valence-electron chi connectivity index (χ3n) is 2.94. The number of benzene rings is 1. The Morgan fingerprint density at radius 2 is 2.26 bits per heavy atom. The lowest BCUT2D eigenvalue weighted by molar-refractivity contribution is -0.140. The van der Waals surface area contributed by atoms with Gasteiger partial charge in [0, 0.05) is 13.1 Å². The average molecular weight is 260 g/mol. The summed E-state index contributed by atoms with van der Waals surface area (Å²) in [5.74, 6) is 0.549. The van der Waals surface area contributed by atoms with Crippen LogP contribution < -0.4 is 4.74 Å². The summed E-state index contributed by atoms with van der Waals surface area (Å²) in [5, 5.41) is 8.68. The van der Waals surface area contributed by atoms with Crippen LogP contribution in [-0.2, 0) is 9.53 Å². The zero-order chi connectivity index (χ0) is 13.7. The number of carbonyl (C=O) groups excluding carboxylic acids is 1. The highest BCUT2D eigenvalue weighted by Crippen LogP contribution is 2.12. The number of morpholine rings is 1. The zero-order valence-corrected chi connectivity index (χ0v) is 10.8. The fourth-order valence-corrected chi connectivity index (χ4v) is 1.91. The van der Waals surface area contributed by atoms with E-state index in [0.717, 1.165) is 0 Å². The summed E-state index contributed by atoms with van der Waals surface area (Å²) in [5.41, 5.74) is 0.570. The molecule has 0 bridgehead atoms. The Labute approximate surface area is 112 Å². The van der Waals surface area contributed by atoms with Crippen molar-refractivity contribution in [2.45, 2.75) is 13.0 Å². The van der Waals surface area contributed by atoms with E-state index in [9.17, 15) is 4.79 Å². The first-order valence-electron chi connectivity index (χ1n) is 6.21. The molecule has 1 saturated heterocycles. The molecule has 19 heavy (non-hydrogen) atoms. The van der Waals surface area contributed by atoms with E-state index in [2.05, 4.69) is 0 Å². The molecular weight excluding hydrogens is 244 g/mol. The van der Waals surface area contributed by atoms with Crippen molar-refractivity contribution >= 4 is 5.91 Å². The Kier molecular flexibility index (Phi) is 4.37. The van der Waals surface area contributed by atoms with Gasteiger partial charge in [-0.05, 0) is 31.2 Å². The fourth-order valence-electron chi connectivity index (χ4n) is 1.91. The Morgan fingerprint density at radius 3 is 2.89 bits per heavy atom. The normalized spacial score (nSPS) is 18.7. The minimum atomic E-state index is -0.0421. The maximum Gasteiger partial charge on any atom is 0.260 e. The smallest absolute Gasteiger partial charge is 0.260 e. The molecule has 1 aromatic rings. The number of carbonyl (C=O) groups is 1. The van der Waals surface area contributed by atoms with Gasteiger partial charge < -0.3 is 14.4 Å². The van der Waals surface area contributed by atoms with Gasteiger partial charge >= 0.3 is 0 Å².